The van der Waals surface area contributed by atoms with Crippen LogP contribution in [0, 0.1) is 0 Å². The van der Waals surface area contributed by atoms with Crippen molar-refractivity contribution >= 4 is 11.8 Å². The molecule has 1 atom stereocenters. The molecule has 0 saturated carbocycles. The number of thioether (sulfide) groups is 1. The van der Waals surface area contributed by atoms with Crippen LogP contribution in [0.4, 0.5) is 0 Å². The maximum atomic E-state index is 2.23. The molecule has 0 N–H and O–H groups in total. The number of allylic oxidation sites excluding steroid dienone is 6. The minimum atomic E-state index is 0.563. The molecule has 0 radical (unpaired) electrons. The van der Waals surface area contributed by atoms with Crippen LogP contribution in [-0.2, 0) is 0 Å². The van der Waals surface area contributed by atoms with Crippen LogP contribution < -0.4 is 0 Å². The zero-order valence-corrected chi connectivity index (χ0v) is 9.97. The first-order valence-corrected chi connectivity index (χ1v) is 6.03. The summed E-state index contributed by atoms with van der Waals surface area (Å²) in [5.74, 6) is 0. The van der Waals surface area contributed by atoms with Crippen LogP contribution >= 0.6 is 11.8 Å². The van der Waals surface area contributed by atoms with Crippen molar-refractivity contribution in [3.05, 3.63) is 46.9 Å². The monoisotopic (exact) mass is 206 g/mol. The van der Waals surface area contributed by atoms with Crippen LogP contribution in [-0.4, -0.2) is 5.25 Å². The first-order valence-electron chi connectivity index (χ1n) is 5.15. The zero-order chi connectivity index (χ0) is 10.4. The van der Waals surface area contributed by atoms with Crippen LogP contribution in [0.25, 0.3) is 0 Å². The Morgan fingerprint density at radius 2 is 2.21 bits per heavy atom. The molecule has 0 aromatic heterocycles. The molecule has 1 aliphatic heterocycles. The van der Waals surface area contributed by atoms with E-state index in [0.717, 1.165) is 6.42 Å². The van der Waals surface area contributed by atoms with E-state index in [2.05, 4.69) is 57.2 Å². The van der Waals surface area contributed by atoms with Gasteiger partial charge in [0, 0.05) is 10.2 Å². The predicted molar refractivity (Wildman–Crippen MR) is 67.5 cm³/mol. The standard InChI is InChI=1S/C13H18S/c1-4-8-13-12(5-2)10-7-6-9-11(3)14-13/h4,6-11H,5H2,1-3H3/b8-4-,9-6-,10-7-,13-12-. The van der Waals surface area contributed by atoms with Crippen molar-refractivity contribution in [1.29, 1.82) is 0 Å². The Kier molecular flexibility index (Phi) is 4.81. The highest BCUT2D eigenvalue weighted by molar-refractivity contribution is 8.04. The van der Waals surface area contributed by atoms with Crippen LogP contribution in [0.5, 0.6) is 0 Å². The molecule has 0 fully saturated rings. The van der Waals surface area contributed by atoms with Crippen molar-refractivity contribution in [1.82, 2.24) is 0 Å². The Morgan fingerprint density at radius 3 is 2.86 bits per heavy atom. The van der Waals surface area contributed by atoms with E-state index in [1.807, 2.05) is 11.8 Å². The van der Waals surface area contributed by atoms with Crippen molar-refractivity contribution in [2.24, 2.45) is 0 Å². The Hall–Kier alpha value is -0.690. The molecule has 1 unspecified atom stereocenters. The van der Waals surface area contributed by atoms with Gasteiger partial charge in [-0.1, -0.05) is 43.4 Å². The molecule has 0 aromatic carbocycles. The van der Waals surface area contributed by atoms with Gasteiger partial charge in [0.2, 0.25) is 0 Å². The molecule has 1 rings (SSSR count). The van der Waals surface area contributed by atoms with Crippen LogP contribution in [0.1, 0.15) is 27.2 Å². The Labute approximate surface area is 91.5 Å². The second-order valence-corrected chi connectivity index (χ2v) is 4.73. The summed E-state index contributed by atoms with van der Waals surface area (Å²) in [5.41, 5.74) is 1.43. The SMILES string of the molecule is C\C=C/C1=C(CC)/C=C\C=C/C(C)S1. The van der Waals surface area contributed by atoms with Crippen LogP contribution in [0.15, 0.2) is 46.9 Å². The fourth-order valence-electron chi connectivity index (χ4n) is 1.38. The van der Waals surface area contributed by atoms with Gasteiger partial charge in [-0.2, -0.15) is 0 Å². The molecule has 14 heavy (non-hydrogen) atoms. The summed E-state index contributed by atoms with van der Waals surface area (Å²) < 4.78 is 0. The van der Waals surface area contributed by atoms with Crippen molar-refractivity contribution in [3.63, 3.8) is 0 Å². The van der Waals surface area contributed by atoms with Crippen LogP contribution in [0.2, 0.25) is 0 Å². The molecule has 0 aromatic rings. The summed E-state index contributed by atoms with van der Waals surface area (Å²) in [6.07, 6.45) is 14.2. The van der Waals surface area contributed by atoms with Gasteiger partial charge in [-0.3, -0.25) is 0 Å². The maximum absolute atomic E-state index is 2.23. The fraction of sp³-hybridized carbons (Fsp3) is 0.385. The van der Waals surface area contributed by atoms with E-state index < -0.39 is 0 Å². The third kappa shape index (κ3) is 3.22. The van der Waals surface area contributed by atoms with Crippen molar-refractivity contribution in [2.45, 2.75) is 32.4 Å². The molecule has 76 valence electrons. The highest BCUT2D eigenvalue weighted by Crippen LogP contribution is 2.30. The van der Waals surface area contributed by atoms with E-state index >= 15 is 0 Å². The molecule has 0 aliphatic carbocycles. The maximum Gasteiger partial charge on any atom is 0.0249 e. The second kappa shape index (κ2) is 5.92. The number of hydrogen-bond acceptors (Lipinski definition) is 1. The number of rotatable bonds is 2. The molecule has 1 heterocycles. The van der Waals surface area contributed by atoms with Gasteiger partial charge in [-0.25, -0.2) is 0 Å². The largest absolute Gasteiger partial charge is 0.119 e. The Bertz CT molecular complexity index is 292. The minimum absolute atomic E-state index is 0.563. The van der Waals surface area contributed by atoms with E-state index in [4.69, 9.17) is 0 Å². The lowest BCUT2D eigenvalue weighted by Crippen LogP contribution is -1.94. The average molecular weight is 206 g/mol. The zero-order valence-electron chi connectivity index (χ0n) is 9.16. The van der Waals surface area contributed by atoms with Crippen molar-refractivity contribution < 1.29 is 0 Å². The summed E-state index contributed by atoms with van der Waals surface area (Å²) in [5, 5.41) is 0.563. The molecular weight excluding hydrogens is 188 g/mol. The van der Waals surface area contributed by atoms with Crippen molar-refractivity contribution in [3.8, 4) is 0 Å². The topological polar surface area (TPSA) is 0 Å². The summed E-state index contributed by atoms with van der Waals surface area (Å²) in [7, 11) is 0. The van der Waals surface area contributed by atoms with Gasteiger partial charge >= 0.3 is 0 Å². The van der Waals surface area contributed by atoms with Gasteiger partial charge in [-0.15, -0.1) is 11.8 Å². The first kappa shape index (κ1) is 11.4. The summed E-state index contributed by atoms with van der Waals surface area (Å²) in [4.78, 5) is 1.41. The normalized spacial score (nSPS) is 32.6. The Morgan fingerprint density at radius 1 is 1.43 bits per heavy atom. The second-order valence-electron chi connectivity index (χ2n) is 3.31. The highest BCUT2D eigenvalue weighted by Gasteiger charge is 2.06. The minimum Gasteiger partial charge on any atom is -0.119 e. The molecule has 1 aliphatic rings. The first-order chi connectivity index (χ1) is 6.77. The lowest BCUT2D eigenvalue weighted by molar-refractivity contribution is 1.14. The summed E-state index contributed by atoms with van der Waals surface area (Å²) in [6.45, 7) is 6.51. The van der Waals surface area contributed by atoms with Crippen LogP contribution in [0.3, 0.4) is 0 Å². The van der Waals surface area contributed by atoms with E-state index in [0.29, 0.717) is 5.25 Å². The van der Waals surface area contributed by atoms with E-state index in [1.54, 1.807) is 0 Å². The summed E-state index contributed by atoms with van der Waals surface area (Å²) >= 11 is 1.93. The lowest BCUT2D eigenvalue weighted by atomic mass is 10.1. The average Bonchev–Trinajstić information content (AvgIpc) is 2.15. The number of hydrogen-bond donors (Lipinski definition) is 0. The third-order valence-electron chi connectivity index (χ3n) is 2.12. The predicted octanol–water partition coefficient (Wildman–Crippen LogP) is 4.47. The summed E-state index contributed by atoms with van der Waals surface area (Å²) in [6, 6.07) is 0. The quantitative estimate of drug-likeness (QED) is 0.642. The molecule has 0 amide bonds. The third-order valence-corrected chi connectivity index (χ3v) is 3.30. The van der Waals surface area contributed by atoms with Gasteiger partial charge in [0.05, 0.1) is 0 Å². The van der Waals surface area contributed by atoms with E-state index in [-0.39, 0.29) is 0 Å². The molecular formula is C13H18S. The highest BCUT2D eigenvalue weighted by atomic mass is 32.2. The van der Waals surface area contributed by atoms with Gasteiger partial charge in [0.15, 0.2) is 0 Å². The molecule has 1 heteroatoms. The van der Waals surface area contributed by atoms with Gasteiger partial charge in [0.25, 0.3) is 0 Å². The molecule has 0 nitrogen and oxygen atoms in total. The fourth-order valence-corrected chi connectivity index (χ4v) is 2.53. The molecule has 0 bridgehead atoms. The Balaban J connectivity index is 3.00. The molecule has 0 saturated heterocycles. The van der Waals surface area contributed by atoms with Gasteiger partial charge in [0.1, 0.15) is 0 Å². The lowest BCUT2D eigenvalue weighted by Gasteiger charge is -2.12. The van der Waals surface area contributed by atoms with Gasteiger partial charge in [-0.05, 0) is 25.8 Å². The molecule has 0 spiro atoms. The van der Waals surface area contributed by atoms with E-state index in [9.17, 15) is 0 Å². The van der Waals surface area contributed by atoms with Crippen molar-refractivity contribution in [2.75, 3.05) is 0 Å². The smallest absolute Gasteiger partial charge is 0.0249 e. The van der Waals surface area contributed by atoms with Gasteiger partial charge < -0.3 is 0 Å². The van der Waals surface area contributed by atoms with E-state index in [1.165, 1.54) is 10.5 Å².